The first-order valence-electron chi connectivity index (χ1n) is 5.89. The lowest BCUT2D eigenvalue weighted by Gasteiger charge is -2.04. The van der Waals surface area contributed by atoms with Crippen LogP contribution in [0.4, 0.5) is 0 Å². The summed E-state index contributed by atoms with van der Waals surface area (Å²) >= 11 is 4.87. The number of pyridine rings is 1. The first-order valence-corrected chi connectivity index (χ1v) is 7.50. The molecular weight excluding hydrogens is 338 g/mol. The predicted molar refractivity (Wildman–Crippen MR) is 80.0 cm³/mol. The molecule has 0 aliphatic rings. The third kappa shape index (κ3) is 2.73. The van der Waals surface area contributed by atoms with E-state index in [2.05, 4.69) is 36.4 Å². The molecule has 0 fully saturated rings. The number of tetrazole rings is 1. The Bertz CT molecular complexity index is 729. The fourth-order valence-electron chi connectivity index (χ4n) is 1.65. The lowest BCUT2D eigenvalue weighted by atomic mass is 10.3. The molecule has 0 bridgehead atoms. The van der Waals surface area contributed by atoms with Gasteiger partial charge >= 0.3 is 0 Å². The first kappa shape index (κ1) is 13.3. The Morgan fingerprint density at radius 2 is 1.90 bits per heavy atom. The highest BCUT2D eigenvalue weighted by atomic mass is 79.9. The van der Waals surface area contributed by atoms with E-state index >= 15 is 0 Å². The van der Waals surface area contributed by atoms with Gasteiger partial charge in [-0.2, -0.15) is 4.68 Å². The quantitative estimate of drug-likeness (QED) is 0.727. The summed E-state index contributed by atoms with van der Waals surface area (Å²) in [7, 11) is 0. The van der Waals surface area contributed by atoms with Crippen LogP contribution in [0.25, 0.3) is 5.69 Å². The van der Waals surface area contributed by atoms with E-state index in [1.807, 2.05) is 49.4 Å². The van der Waals surface area contributed by atoms with Gasteiger partial charge in [0.05, 0.1) is 11.4 Å². The van der Waals surface area contributed by atoms with Crippen LogP contribution in [0.5, 0.6) is 0 Å². The SMILES string of the molecule is Cc1nc(Sc2nnnn2-c2ccccc2)ccc1Br. The number of aryl methyl sites for hydroxylation is 1. The third-order valence-corrected chi connectivity index (χ3v) is 4.35. The molecule has 5 nitrogen and oxygen atoms in total. The minimum Gasteiger partial charge on any atom is -0.245 e. The number of hydrogen-bond acceptors (Lipinski definition) is 5. The van der Waals surface area contributed by atoms with Gasteiger partial charge in [-0.3, -0.25) is 0 Å². The van der Waals surface area contributed by atoms with Crippen molar-refractivity contribution in [3.05, 3.63) is 52.6 Å². The van der Waals surface area contributed by atoms with E-state index in [4.69, 9.17) is 0 Å². The molecule has 20 heavy (non-hydrogen) atoms. The maximum absolute atomic E-state index is 4.49. The zero-order valence-corrected chi connectivity index (χ0v) is 13.0. The van der Waals surface area contributed by atoms with Crippen LogP contribution in [0, 0.1) is 6.92 Å². The molecule has 0 atom stereocenters. The fraction of sp³-hybridized carbons (Fsp3) is 0.0769. The number of para-hydroxylation sites is 1. The summed E-state index contributed by atoms with van der Waals surface area (Å²) in [6.07, 6.45) is 0. The smallest absolute Gasteiger partial charge is 0.220 e. The Morgan fingerprint density at radius 1 is 1.10 bits per heavy atom. The first-order chi connectivity index (χ1) is 9.74. The minimum atomic E-state index is 0.686. The second kappa shape index (κ2) is 5.72. The number of benzene rings is 1. The number of aromatic nitrogens is 5. The van der Waals surface area contributed by atoms with Crippen molar-refractivity contribution in [1.82, 2.24) is 25.2 Å². The summed E-state index contributed by atoms with van der Waals surface area (Å²) < 4.78 is 2.69. The van der Waals surface area contributed by atoms with Crippen molar-refractivity contribution in [2.75, 3.05) is 0 Å². The van der Waals surface area contributed by atoms with E-state index in [1.165, 1.54) is 11.8 Å². The molecule has 2 aromatic heterocycles. The molecule has 3 aromatic rings. The van der Waals surface area contributed by atoms with Gasteiger partial charge in [-0.1, -0.05) is 18.2 Å². The van der Waals surface area contributed by atoms with Crippen LogP contribution in [0.1, 0.15) is 5.69 Å². The summed E-state index contributed by atoms with van der Waals surface area (Å²) in [6.45, 7) is 1.95. The van der Waals surface area contributed by atoms with E-state index in [9.17, 15) is 0 Å². The van der Waals surface area contributed by atoms with Crippen LogP contribution < -0.4 is 0 Å². The monoisotopic (exact) mass is 347 g/mol. The molecular formula is C13H10BrN5S. The van der Waals surface area contributed by atoms with Gasteiger partial charge in [0, 0.05) is 4.47 Å². The molecule has 1 aromatic carbocycles. The summed E-state index contributed by atoms with van der Waals surface area (Å²) in [5.41, 5.74) is 1.86. The van der Waals surface area contributed by atoms with E-state index < -0.39 is 0 Å². The number of rotatable bonds is 3. The van der Waals surface area contributed by atoms with Crippen molar-refractivity contribution in [3.63, 3.8) is 0 Å². The van der Waals surface area contributed by atoms with Crippen molar-refractivity contribution in [2.24, 2.45) is 0 Å². The topological polar surface area (TPSA) is 56.5 Å². The lowest BCUT2D eigenvalue weighted by Crippen LogP contribution is -1.98. The van der Waals surface area contributed by atoms with Gasteiger partial charge in [0.25, 0.3) is 0 Å². The van der Waals surface area contributed by atoms with Crippen LogP contribution >= 0.6 is 27.7 Å². The van der Waals surface area contributed by atoms with Crippen molar-refractivity contribution in [2.45, 2.75) is 17.1 Å². The third-order valence-electron chi connectivity index (χ3n) is 2.63. The second-order valence-corrected chi connectivity index (χ2v) is 5.87. The average molecular weight is 348 g/mol. The van der Waals surface area contributed by atoms with Crippen LogP contribution in [-0.4, -0.2) is 25.2 Å². The summed E-state index contributed by atoms with van der Waals surface area (Å²) in [5, 5.41) is 13.4. The largest absolute Gasteiger partial charge is 0.245 e. The van der Waals surface area contributed by atoms with Gasteiger partial charge in [0.15, 0.2) is 0 Å². The van der Waals surface area contributed by atoms with Crippen molar-refractivity contribution in [3.8, 4) is 5.69 Å². The van der Waals surface area contributed by atoms with Crippen LogP contribution in [0.2, 0.25) is 0 Å². The van der Waals surface area contributed by atoms with E-state index in [-0.39, 0.29) is 0 Å². The second-order valence-electron chi connectivity index (χ2n) is 4.03. The summed E-state index contributed by atoms with van der Waals surface area (Å²) in [5.74, 6) is 0. The van der Waals surface area contributed by atoms with Gasteiger partial charge in [-0.05, 0) is 69.3 Å². The number of hydrogen-bond donors (Lipinski definition) is 0. The molecule has 0 amide bonds. The van der Waals surface area contributed by atoms with Crippen LogP contribution in [-0.2, 0) is 0 Å². The molecule has 7 heteroatoms. The Hall–Kier alpha value is -1.73. The maximum atomic E-state index is 4.49. The Morgan fingerprint density at radius 3 is 2.65 bits per heavy atom. The lowest BCUT2D eigenvalue weighted by molar-refractivity contribution is 0.756. The highest BCUT2D eigenvalue weighted by Gasteiger charge is 2.11. The number of halogens is 1. The molecule has 0 aliphatic heterocycles. The van der Waals surface area contributed by atoms with Gasteiger partial charge < -0.3 is 0 Å². The Kier molecular flexibility index (Phi) is 3.79. The zero-order chi connectivity index (χ0) is 13.9. The van der Waals surface area contributed by atoms with E-state index in [0.717, 1.165) is 20.9 Å². The highest BCUT2D eigenvalue weighted by molar-refractivity contribution is 9.10. The highest BCUT2D eigenvalue weighted by Crippen LogP contribution is 2.27. The summed E-state index contributed by atoms with van der Waals surface area (Å²) in [4.78, 5) is 4.49. The zero-order valence-electron chi connectivity index (χ0n) is 10.6. The predicted octanol–water partition coefficient (Wildman–Crippen LogP) is 3.28. The van der Waals surface area contributed by atoms with Gasteiger partial charge in [0.2, 0.25) is 5.16 Å². The maximum Gasteiger partial charge on any atom is 0.220 e. The minimum absolute atomic E-state index is 0.686. The molecule has 2 heterocycles. The van der Waals surface area contributed by atoms with Crippen molar-refractivity contribution >= 4 is 27.7 Å². The number of nitrogens with zero attached hydrogens (tertiary/aromatic N) is 5. The molecule has 0 N–H and O–H groups in total. The fourth-order valence-corrected chi connectivity index (χ4v) is 2.68. The van der Waals surface area contributed by atoms with E-state index in [0.29, 0.717) is 5.16 Å². The Balaban J connectivity index is 1.92. The van der Waals surface area contributed by atoms with Gasteiger partial charge in [0.1, 0.15) is 5.03 Å². The molecule has 0 radical (unpaired) electrons. The van der Waals surface area contributed by atoms with Gasteiger partial charge in [-0.15, -0.1) is 5.10 Å². The molecule has 0 unspecified atom stereocenters. The molecule has 0 saturated carbocycles. The molecule has 0 saturated heterocycles. The molecule has 3 rings (SSSR count). The molecule has 0 aliphatic carbocycles. The summed E-state index contributed by atoms with van der Waals surface area (Å²) in [6, 6.07) is 13.7. The van der Waals surface area contributed by atoms with Crippen LogP contribution in [0.3, 0.4) is 0 Å². The average Bonchev–Trinajstić information content (AvgIpc) is 2.92. The normalized spacial score (nSPS) is 10.7. The molecule has 100 valence electrons. The Labute approximate surface area is 128 Å². The molecule has 0 spiro atoms. The van der Waals surface area contributed by atoms with Crippen molar-refractivity contribution < 1.29 is 0 Å². The van der Waals surface area contributed by atoms with Gasteiger partial charge in [-0.25, -0.2) is 4.98 Å². The van der Waals surface area contributed by atoms with Crippen LogP contribution in [0.15, 0.2) is 57.1 Å². The van der Waals surface area contributed by atoms with Crippen molar-refractivity contribution in [1.29, 1.82) is 0 Å². The standard InChI is InChI=1S/C13H10BrN5S/c1-9-11(14)7-8-12(15-9)20-13-16-17-18-19(13)10-5-3-2-4-6-10/h2-8H,1H3. The van der Waals surface area contributed by atoms with E-state index in [1.54, 1.807) is 4.68 Å².